The van der Waals surface area contributed by atoms with Crippen molar-refractivity contribution >= 4 is 32.4 Å². The number of aliphatic hydroxyl groups is 1. The van der Waals surface area contributed by atoms with Gasteiger partial charge in [0.25, 0.3) is 0 Å². The Labute approximate surface area is 163 Å². The molecule has 2 aliphatic carbocycles. The van der Waals surface area contributed by atoms with Crippen LogP contribution >= 0.6 is 0 Å². The van der Waals surface area contributed by atoms with Crippen LogP contribution in [0.15, 0.2) is 53.3 Å². The summed E-state index contributed by atoms with van der Waals surface area (Å²) >= 11 is -0.352. The zero-order valence-electron chi connectivity index (χ0n) is 16.0. The van der Waals surface area contributed by atoms with Gasteiger partial charge >= 0.3 is 164 Å². The summed E-state index contributed by atoms with van der Waals surface area (Å²) in [6, 6.07) is 9.77. The third kappa shape index (κ3) is 4.23. The molecule has 26 heavy (non-hydrogen) atoms. The van der Waals surface area contributed by atoms with E-state index in [0.717, 1.165) is 22.9 Å². The van der Waals surface area contributed by atoms with Crippen molar-refractivity contribution in [3.63, 3.8) is 0 Å². The van der Waals surface area contributed by atoms with E-state index in [1.807, 2.05) is 37.3 Å². The maximum absolute atomic E-state index is 12.5. The number of benzene rings is 1. The molecule has 0 aliphatic heterocycles. The number of ether oxygens (including phenoxy) is 1. The second-order valence-corrected chi connectivity index (χ2v) is 15.7. The monoisotopic (exact) mass is 436 g/mol. The first kappa shape index (κ1) is 19.6. The third-order valence-electron chi connectivity index (χ3n) is 5.24. The molecule has 0 saturated heterocycles. The second-order valence-electron chi connectivity index (χ2n) is 8.43. The van der Waals surface area contributed by atoms with Gasteiger partial charge in [-0.05, 0) is 0 Å². The van der Waals surface area contributed by atoms with Crippen molar-refractivity contribution < 1.29 is 14.6 Å². The van der Waals surface area contributed by atoms with E-state index in [1.54, 1.807) is 0 Å². The van der Waals surface area contributed by atoms with Crippen LogP contribution in [0.5, 0.6) is 0 Å². The average molecular weight is 435 g/mol. The molecule has 0 heterocycles. The van der Waals surface area contributed by atoms with Crippen molar-refractivity contribution in [2.24, 2.45) is 5.92 Å². The third-order valence-corrected chi connectivity index (χ3v) is 9.19. The maximum atomic E-state index is 12.5. The van der Waals surface area contributed by atoms with Gasteiger partial charge in [0.15, 0.2) is 0 Å². The van der Waals surface area contributed by atoms with Crippen LogP contribution in [-0.2, 0) is 4.74 Å². The summed E-state index contributed by atoms with van der Waals surface area (Å²) in [4.78, 5) is 12.4. The Balaban J connectivity index is 1.85. The van der Waals surface area contributed by atoms with Gasteiger partial charge in [0.1, 0.15) is 0 Å². The van der Waals surface area contributed by atoms with Gasteiger partial charge in [-0.25, -0.2) is 0 Å². The zero-order chi connectivity index (χ0) is 18.9. The van der Waals surface area contributed by atoms with Crippen LogP contribution in [0, 0.1) is 5.92 Å². The van der Waals surface area contributed by atoms with Crippen molar-refractivity contribution in [3.05, 3.63) is 53.3 Å². The summed E-state index contributed by atoms with van der Waals surface area (Å²) in [6.45, 7) is 8.91. The van der Waals surface area contributed by atoms with Crippen LogP contribution in [0.2, 0.25) is 19.6 Å². The van der Waals surface area contributed by atoms with E-state index in [1.165, 1.54) is 5.20 Å². The van der Waals surface area contributed by atoms with Crippen LogP contribution in [0.3, 0.4) is 0 Å². The predicted molar refractivity (Wildman–Crippen MR) is 110 cm³/mol. The van der Waals surface area contributed by atoms with Gasteiger partial charge in [-0.2, -0.15) is 0 Å². The molecule has 1 N–H and O–H groups in total. The number of hydrogen-bond donors (Lipinski definition) is 1. The summed E-state index contributed by atoms with van der Waals surface area (Å²) in [5.41, 5.74) is 0.245. The molecular formula is C21H28O3SeSi. The van der Waals surface area contributed by atoms with Gasteiger partial charge in [0.05, 0.1) is 0 Å². The van der Waals surface area contributed by atoms with Gasteiger partial charge in [-0.1, -0.05) is 0 Å². The van der Waals surface area contributed by atoms with Crippen LogP contribution in [0.1, 0.15) is 26.2 Å². The quantitative estimate of drug-likeness (QED) is 0.578. The Kier molecular flexibility index (Phi) is 5.64. The van der Waals surface area contributed by atoms with Gasteiger partial charge in [-0.15, -0.1) is 0 Å². The number of fused-ring (bicyclic) bond motifs is 1. The number of carbonyl (C=O) groups is 1. The molecule has 1 aromatic carbocycles. The molecule has 3 rings (SSSR count). The molecule has 0 spiro atoms. The molecule has 3 nitrogen and oxygen atoms in total. The van der Waals surface area contributed by atoms with Crippen LogP contribution < -0.4 is 4.46 Å². The number of allylic oxidation sites excluding steroid dienone is 2. The SMILES string of the molecule is C[C@]1(O)C[C@@H](OC(=O)[Se]c2ccccc2)[C@H]2C=CCCC([Si](C)(C)C)=C21. The standard InChI is InChI=1S/C21H28O3SeSi/c1-21(23)14-17(24-20(22)25-15-10-6-5-7-11-15)16-12-8-9-13-18(19(16)21)26(2,3)4/h5-8,10-12,16-17,23H,9,13-14H2,1-4H3/t16-,17-,21+/m1/s1. The summed E-state index contributed by atoms with van der Waals surface area (Å²) < 4.78 is 6.91. The first-order chi connectivity index (χ1) is 12.2. The first-order valence-corrected chi connectivity index (χ1v) is 14.5. The fraction of sp³-hybridized carbons (Fsp3) is 0.476. The molecule has 1 aromatic rings. The summed E-state index contributed by atoms with van der Waals surface area (Å²) in [5.74, 6) is 0.0183. The van der Waals surface area contributed by atoms with E-state index < -0.39 is 13.7 Å². The van der Waals surface area contributed by atoms with Crippen molar-refractivity contribution in [1.29, 1.82) is 0 Å². The van der Waals surface area contributed by atoms with Crippen LogP contribution in [0.25, 0.3) is 0 Å². The first-order valence-electron chi connectivity index (χ1n) is 9.25. The second kappa shape index (κ2) is 7.47. The minimum atomic E-state index is -1.55. The van der Waals surface area contributed by atoms with Crippen molar-refractivity contribution in [1.82, 2.24) is 0 Å². The Morgan fingerprint density at radius 2 is 1.96 bits per heavy atom. The van der Waals surface area contributed by atoms with Gasteiger partial charge in [0.2, 0.25) is 0 Å². The van der Waals surface area contributed by atoms with Crippen molar-refractivity contribution in [3.8, 4) is 0 Å². The molecule has 1 fully saturated rings. The van der Waals surface area contributed by atoms with E-state index >= 15 is 0 Å². The fourth-order valence-corrected chi connectivity index (χ4v) is 7.67. The van der Waals surface area contributed by atoms with E-state index in [-0.39, 0.29) is 31.8 Å². The Bertz CT molecular complexity index is 731. The minimum absolute atomic E-state index is 0.0183. The molecule has 2 aliphatic rings. The van der Waals surface area contributed by atoms with Gasteiger partial charge in [0, 0.05) is 0 Å². The van der Waals surface area contributed by atoms with E-state index in [0.29, 0.717) is 6.42 Å². The number of rotatable bonds is 4. The summed E-state index contributed by atoms with van der Waals surface area (Å²) in [7, 11) is -1.55. The van der Waals surface area contributed by atoms with Crippen molar-refractivity contribution in [2.75, 3.05) is 0 Å². The van der Waals surface area contributed by atoms with Crippen LogP contribution in [-0.4, -0.2) is 44.7 Å². The Hall–Kier alpha value is -1.13. The van der Waals surface area contributed by atoms with Gasteiger partial charge in [-0.3, -0.25) is 0 Å². The normalized spacial score (nSPS) is 28.7. The molecule has 0 bridgehead atoms. The Morgan fingerprint density at radius 1 is 1.27 bits per heavy atom. The molecule has 0 amide bonds. The molecular weight excluding hydrogens is 407 g/mol. The topological polar surface area (TPSA) is 46.5 Å². The van der Waals surface area contributed by atoms with E-state index in [2.05, 4.69) is 31.8 Å². The average Bonchev–Trinajstić information content (AvgIpc) is 2.71. The Morgan fingerprint density at radius 3 is 2.62 bits per heavy atom. The molecule has 1 saturated carbocycles. The van der Waals surface area contributed by atoms with Crippen LogP contribution in [0.4, 0.5) is 4.79 Å². The molecule has 0 radical (unpaired) electrons. The van der Waals surface area contributed by atoms with E-state index in [4.69, 9.17) is 4.74 Å². The zero-order valence-corrected chi connectivity index (χ0v) is 18.7. The predicted octanol–water partition coefficient (Wildman–Crippen LogP) is 3.82. The number of carbonyl (C=O) groups excluding carboxylic acids is 1. The summed E-state index contributed by atoms with van der Waals surface area (Å²) in [5, 5.41) is 12.6. The molecule has 5 heteroatoms. The summed E-state index contributed by atoms with van der Waals surface area (Å²) in [6.07, 6.45) is 6.60. The molecule has 140 valence electrons. The molecule has 0 unspecified atom stereocenters. The van der Waals surface area contributed by atoms with Crippen molar-refractivity contribution in [2.45, 2.75) is 57.5 Å². The number of hydrogen-bond acceptors (Lipinski definition) is 3. The van der Waals surface area contributed by atoms with E-state index in [9.17, 15) is 9.90 Å². The molecule has 3 atom stereocenters. The fourth-order valence-electron chi connectivity index (χ4n) is 4.15. The molecule has 0 aromatic heterocycles. The van der Waals surface area contributed by atoms with Gasteiger partial charge < -0.3 is 0 Å².